The minimum absolute atomic E-state index is 0.0841. The number of carbonyl (C=O) groups is 1. The van der Waals surface area contributed by atoms with Crippen LogP contribution in [-0.2, 0) is 11.3 Å². The zero-order chi connectivity index (χ0) is 19.3. The molecule has 0 saturated heterocycles. The van der Waals surface area contributed by atoms with Gasteiger partial charge in [0.15, 0.2) is 0 Å². The van der Waals surface area contributed by atoms with E-state index in [2.05, 4.69) is 40.7 Å². The van der Waals surface area contributed by atoms with Crippen molar-refractivity contribution in [3.63, 3.8) is 0 Å². The van der Waals surface area contributed by atoms with Gasteiger partial charge in [-0.05, 0) is 61.0 Å². The predicted octanol–water partition coefficient (Wildman–Crippen LogP) is 4.40. The summed E-state index contributed by atoms with van der Waals surface area (Å²) in [5.74, 6) is -0.0841. The molecule has 0 bridgehead atoms. The zero-order valence-electron chi connectivity index (χ0n) is 15.5. The van der Waals surface area contributed by atoms with Gasteiger partial charge in [0.2, 0.25) is 5.91 Å². The minimum Gasteiger partial charge on any atom is -0.325 e. The molecule has 0 saturated carbocycles. The Morgan fingerprint density at radius 1 is 1.07 bits per heavy atom. The van der Waals surface area contributed by atoms with E-state index in [1.807, 2.05) is 42.5 Å². The average Bonchev–Trinajstić information content (AvgIpc) is 3.12. The van der Waals surface area contributed by atoms with Gasteiger partial charge in [-0.15, -0.1) is 11.3 Å². The number of hydrogen-bond acceptors (Lipinski definition) is 5. The third kappa shape index (κ3) is 4.42. The molecule has 0 unspecified atom stereocenters. The molecule has 4 rings (SSSR count). The van der Waals surface area contributed by atoms with Crippen molar-refractivity contribution in [2.75, 3.05) is 11.9 Å². The monoisotopic (exact) mass is 388 g/mol. The summed E-state index contributed by atoms with van der Waals surface area (Å²) in [6, 6.07) is 19.8. The van der Waals surface area contributed by atoms with Crippen LogP contribution in [0.25, 0.3) is 20.8 Å². The molecule has 2 heterocycles. The SMILES string of the molecule is Cc1ccc2nc(-c3ccc(NC(=O)CNCc4ccccn4)cc3)sc2c1. The van der Waals surface area contributed by atoms with Crippen LogP contribution in [0.4, 0.5) is 5.69 Å². The molecule has 4 aromatic rings. The first-order valence-electron chi connectivity index (χ1n) is 9.05. The van der Waals surface area contributed by atoms with Crippen molar-refractivity contribution in [2.24, 2.45) is 0 Å². The molecule has 0 radical (unpaired) electrons. The van der Waals surface area contributed by atoms with Crippen molar-refractivity contribution >= 4 is 33.1 Å². The molecule has 0 aliphatic heterocycles. The fourth-order valence-electron chi connectivity index (χ4n) is 2.86. The molecule has 0 spiro atoms. The lowest BCUT2D eigenvalue weighted by Crippen LogP contribution is -2.27. The maximum Gasteiger partial charge on any atom is 0.238 e. The van der Waals surface area contributed by atoms with E-state index in [-0.39, 0.29) is 12.5 Å². The molecular formula is C22H20N4OS. The van der Waals surface area contributed by atoms with E-state index in [9.17, 15) is 4.79 Å². The largest absolute Gasteiger partial charge is 0.325 e. The molecule has 0 aliphatic rings. The highest BCUT2D eigenvalue weighted by atomic mass is 32.1. The lowest BCUT2D eigenvalue weighted by molar-refractivity contribution is -0.115. The number of nitrogens with zero attached hydrogens (tertiary/aromatic N) is 2. The van der Waals surface area contributed by atoms with Crippen molar-refractivity contribution in [3.05, 3.63) is 78.1 Å². The van der Waals surface area contributed by atoms with E-state index >= 15 is 0 Å². The van der Waals surface area contributed by atoms with Gasteiger partial charge >= 0.3 is 0 Å². The predicted molar refractivity (Wildman–Crippen MR) is 114 cm³/mol. The van der Waals surface area contributed by atoms with Gasteiger partial charge in [-0.25, -0.2) is 4.98 Å². The number of thiazole rings is 1. The Labute approximate surface area is 167 Å². The molecule has 2 N–H and O–H groups in total. The third-order valence-electron chi connectivity index (χ3n) is 4.28. The van der Waals surface area contributed by atoms with E-state index in [1.165, 1.54) is 10.3 Å². The second-order valence-electron chi connectivity index (χ2n) is 6.54. The molecule has 0 aliphatic carbocycles. The van der Waals surface area contributed by atoms with E-state index < -0.39 is 0 Å². The Bertz CT molecular complexity index is 1090. The molecule has 1 amide bonds. The maximum absolute atomic E-state index is 12.1. The van der Waals surface area contributed by atoms with Gasteiger partial charge in [0.25, 0.3) is 0 Å². The summed E-state index contributed by atoms with van der Waals surface area (Å²) in [7, 11) is 0. The van der Waals surface area contributed by atoms with Crippen LogP contribution in [0, 0.1) is 6.92 Å². The summed E-state index contributed by atoms with van der Waals surface area (Å²) in [6.07, 6.45) is 1.74. The molecule has 2 aromatic heterocycles. The lowest BCUT2D eigenvalue weighted by Gasteiger charge is -2.07. The number of nitrogens with one attached hydrogen (secondary N) is 2. The summed E-state index contributed by atoms with van der Waals surface area (Å²) in [5.41, 5.74) is 4.97. The van der Waals surface area contributed by atoms with Crippen LogP contribution in [0.2, 0.25) is 0 Å². The highest BCUT2D eigenvalue weighted by molar-refractivity contribution is 7.21. The van der Waals surface area contributed by atoms with Crippen LogP contribution in [0.5, 0.6) is 0 Å². The number of fused-ring (bicyclic) bond motifs is 1. The van der Waals surface area contributed by atoms with Crippen LogP contribution < -0.4 is 10.6 Å². The molecular weight excluding hydrogens is 368 g/mol. The molecule has 0 fully saturated rings. The van der Waals surface area contributed by atoms with Gasteiger partial charge in [0.05, 0.1) is 22.5 Å². The molecule has 5 nitrogen and oxygen atoms in total. The van der Waals surface area contributed by atoms with Gasteiger partial charge in [-0.2, -0.15) is 0 Å². The van der Waals surface area contributed by atoms with Gasteiger partial charge in [0.1, 0.15) is 5.01 Å². The van der Waals surface area contributed by atoms with Gasteiger partial charge in [-0.3, -0.25) is 9.78 Å². The first kappa shape index (κ1) is 18.3. The van der Waals surface area contributed by atoms with Crippen molar-refractivity contribution in [2.45, 2.75) is 13.5 Å². The number of rotatable bonds is 6. The summed E-state index contributed by atoms with van der Waals surface area (Å²) < 4.78 is 1.19. The van der Waals surface area contributed by atoms with Crippen LogP contribution >= 0.6 is 11.3 Å². The van der Waals surface area contributed by atoms with Crippen molar-refractivity contribution in [3.8, 4) is 10.6 Å². The van der Waals surface area contributed by atoms with Crippen molar-refractivity contribution in [1.29, 1.82) is 0 Å². The lowest BCUT2D eigenvalue weighted by atomic mass is 10.2. The summed E-state index contributed by atoms with van der Waals surface area (Å²) in [6.45, 7) is 2.88. The highest BCUT2D eigenvalue weighted by Crippen LogP contribution is 2.31. The average molecular weight is 388 g/mol. The maximum atomic E-state index is 12.1. The van der Waals surface area contributed by atoms with Gasteiger partial charge in [-0.1, -0.05) is 12.1 Å². The van der Waals surface area contributed by atoms with Gasteiger partial charge < -0.3 is 10.6 Å². The number of anilines is 1. The molecule has 0 atom stereocenters. The normalized spacial score (nSPS) is 10.9. The Morgan fingerprint density at radius 3 is 2.71 bits per heavy atom. The molecule has 6 heteroatoms. The number of pyridine rings is 1. The quantitative estimate of drug-likeness (QED) is 0.514. The van der Waals surface area contributed by atoms with Crippen LogP contribution in [0.1, 0.15) is 11.3 Å². The van der Waals surface area contributed by atoms with E-state index in [4.69, 9.17) is 4.98 Å². The zero-order valence-corrected chi connectivity index (χ0v) is 16.3. The minimum atomic E-state index is -0.0841. The fourth-order valence-corrected chi connectivity index (χ4v) is 3.93. The summed E-state index contributed by atoms with van der Waals surface area (Å²) >= 11 is 1.68. The van der Waals surface area contributed by atoms with Gasteiger partial charge in [0, 0.05) is 24.0 Å². The van der Waals surface area contributed by atoms with E-state index in [1.54, 1.807) is 17.5 Å². The third-order valence-corrected chi connectivity index (χ3v) is 5.34. The number of aromatic nitrogens is 2. The topological polar surface area (TPSA) is 66.9 Å². The molecule has 140 valence electrons. The second kappa shape index (κ2) is 8.29. The number of benzene rings is 2. The van der Waals surface area contributed by atoms with Crippen LogP contribution in [0.15, 0.2) is 66.9 Å². The summed E-state index contributed by atoms with van der Waals surface area (Å²) in [5, 5.41) is 6.98. The van der Waals surface area contributed by atoms with E-state index in [0.29, 0.717) is 6.54 Å². The molecule has 2 aromatic carbocycles. The second-order valence-corrected chi connectivity index (χ2v) is 7.57. The first-order valence-corrected chi connectivity index (χ1v) is 9.87. The van der Waals surface area contributed by atoms with Crippen molar-refractivity contribution < 1.29 is 4.79 Å². The number of hydrogen-bond donors (Lipinski definition) is 2. The highest BCUT2D eigenvalue weighted by Gasteiger charge is 2.07. The number of aryl methyl sites for hydroxylation is 1. The first-order chi connectivity index (χ1) is 13.7. The van der Waals surface area contributed by atoms with Crippen molar-refractivity contribution in [1.82, 2.24) is 15.3 Å². The Morgan fingerprint density at radius 2 is 1.93 bits per heavy atom. The Hall–Kier alpha value is -3.09. The Balaban J connectivity index is 1.35. The van der Waals surface area contributed by atoms with Crippen LogP contribution in [-0.4, -0.2) is 22.4 Å². The fraction of sp³-hybridized carbons (Fsp3) is 0.136. The number of amides is 1. The Kier molecular flexibility index (Phi) is 5.41. The van der Waals surface area contributed by atoms with E-state index in [0.717, 1.165) is 27.5 Å². The smallest absolute Gasteiger partial charge is 0.238 e. The summed E-state index contributed by atoms with van der Waals surface area (Å²) in [4.78, 5) is 21.0. The standard InChI is InChI=1S/C22H20N4OS/c1-15-5-10-19-20(12-15)28-22(26-19)16-6-8-17(9-7-16)25-21(27)14-23-13-18-4-2-3-11-24-18/h2-12,23H,13-14H2,1H3,(H,25,27). The van der Waals surface area contributed by atoms with Crippen LogP contribution in [0.3, 0.4) is 0 Å². The number of carbonyl (C=O) groups excluding carboxylic acids is 1. The molecule has 28 heavy (non-hydrogen) atoms.